The minimum atomic E-state index is 0.549. The summed E-state index contributed by atoms with van der Waals surface area (Å²) < 4.78 is 14.1. The third kappa shape index (κ3) is 4.86. The van der Waals surface area contributed by atoms with E-state index in [0.29, 0.717) is 17.5 Å². The van der Waals surface area contributed by atoms with E-state index in [0.717, 1.165) is 64.7 Å². The van der Waals surface area contributed by atoms with E-state index in [1.165, 1.54) is 52.5 Å². The number of benzene rings is 9. The first-order chi connectivity index (χ1) is 30.7. The second-order valence-corrected chi connectivity index (χ2v) is 18.0. The molecule has 0 aliphatic carbocycles. The van der Waals surface area contributed by atoms with Gasteiger partial charge in [0.25, 0.3) is 0 Å². The lowest BCUT2D eigenvalue weighted by Gasteiger charge is -2.15. The van der Waals surface area contributed by atoms with Gasteiger partial charge in [0.15, 0.2) is 17.5 Å². The van der Waals surface area contributed by atoms with Gasteiger partial charge >= 0.3 is 0 Å². The Morgan fingerprint density at radius 1 is 0.387 bits per heavy atom. The molecule has 0 aliphatic rings. The zero-order valence-electron chi connectivity index (χ0n) is 32.8. The van der Waals surface area contributed by atoms with E-state index in [-0.39, 0.29) is 0 Å². The maximum Gasteiger partial charge on any atom is 0.170 e. The van der Waals surface area contributed by atoms with Crippen molar-refractivity contribution in [2.75, 3.05) is 0 Å². The Morgan fingerprint density at radius 3 is 1.63 bits per heavy atom. The maximum absolute atomic E-state index is 6.97. The Labute approximate surface area is 361 Å². The second-order valence-electron chi connectivity index (χ2n) is 15.9. The molecule has 0 atom stereocenters. The van der Waals surface area contributed by atoms with Crippen LogP contribution in [0.15, 0.2) is 186 Å². The Hall–Kier alpha value is -7.71. The summed E-state index contributed by atoms with van der Waals surface area (Å²) in [5.41, 5.74) is 7.42. The highest BCUT2D eigenvalue weighted by molar-refractivity contribution is 7.26. The standard InChI is InChI=1S/C55H30N4OS2/c1-2-14-32-30-45-42(29-31(32)13-1)33-15-3-7-23-43(33)59(45)44-28-27-37-34-16-4-8-24-46(34)60-50(37)49(44)55-57-53(40-21-11-19-38-35-17-5-9-25-47(35)61-51(38)40)56-54(58-55)41-22-12-20-39-36-18-6-10-26-48(36)62-52(39)41/h1-30H. The van der Waals surface area contributed by atoms with E-state index in [2.05, 4.69) is 174 Å². The number of nitrogens with zero attached hydrogens (tertiary/aromatic N) is 4. The molecule has 0 radical (unpaired) electrons. The first-order valence-electron chi connectivity index (χ1n) is 20.7. The number of fused-ring (bicyclic) bond motifs is 13. The minimum Gasteiger partial charge on any atom is -0.455 e. The topological polar surface area (TPSA) is 56.7 Å². The molecule has 5 nitrogen and oxygen atoms in total. The van der Waals surface area contributed by atoms with Crippen LogP contribution in [0.4, 0.5) is 0 Å². The number of hydrogen-bond acceptors (Lipinski definition) is 6. The summed E-state index contributed by atoms with van der Waals surface area (Å²) in [5, 5.41) is 11.6. The second kappa shape index (κ2) is 12.9. The van der Waals surface area contributed by atoms with Crippen molar-refractivity contribution < 1.29 is 4.42 Å². The Bertz CT molecular complexity index is 4060. The van der Waals surface area contributed by atoms with Crippen LogP contribution in [0.1, 0.15) is 0 Å². The SMILES string of the molecule is c1ccc2cc3c(cc2c1)c1ccccc1n3-c1ccc2c(oc3ccccc32)c1-c1nc(-c2cccc3c2sc2ccccc23)nc(-c2cccc3c2sc2ccccc23)n1. The van der Waals surface area contributed by atoms with Crippen LogP contribution >= 0.6 is 22.7 Å². The van der Waals surface area contributed by atoms with Gasteiger partial charge in [-0.25, -0.2) is 15.0 Å². The lowest BCUT2D eigenvalue weighted by Crippen LogP contribution is -2.04. The number of hydrogen-bond donors (Lipinski definition) is 0. The van der Waals surface area contributed by atoms with Gasteiger partial charge in [-0.3, -0.25) is 0 Å². The highest BCUT2D eigenvalue weighted by Gasteiger charge is 2.26. The summed E-state index contributed by atoms with van der Waals surface area (Å²) >= 11 is 3.56. The van der Waals surface area contributed by atoms with Crippen molar-refractivity contribution in [2.45, 2.75) is 0 Å². The van der Waals surface area contributed by atoms with Gasteiger partial charge in [-0.05, 0) is 71.4 Å². The van der Waals surface area contributed by atoms with Crippen LogP contribution in [0.2, 0.25) is 0 Å². The molecule has 5 aromatic heterocycles. The number of furan rings is 1. The van der Waals surface area contributed by atoms with E-state index in [1.807, 2.05) is 12.1 Å². The van der Waals surface area contributed by atoms with Crippen LogP contribution in [0.5, 0.6) is 0 Å². The van der Waals surface area contributed by atoms with Crippen LogP contribution in [0.3, 0.4) is 0 Å². The smallest absolute Gasteiger partial charge is 0.170 e. The summed E-state index contributed by atoms with van der Waals surface area (Å²) in [6, 6.07) is 64.8. The third-order valence-corrected chi connectivity index (χ3v) is 14.9. The van der Waals surface area contributed by atoms with Gasteiger partial charge in [-0.2, -0.15) is 0 Å². The predicted octanol–water partition coefficient (Wildman–Crippen LogP) is 15.8. The number of thiophene rings is 2. The van der Waals surface area contributed by atoms with E-state index in [1.54, 1.807) is 22.7 Å². The molecule has 0 saturated heterocycles. The predicted molar refractivity (Wildman–Crippen MR) is 261 cm³/mol. The van der Waals surface area contributed by atoms with Crippen molar-refractivity contribution in [3.8, 4) is 39.9 Å². The van der Waals surface area contributed by atoms with E-state index in [4.69, 9.17) is 19.4 Å². The van der Waals surface area contributed by atoms with Gasteiger partial charge < -0.3 is 8.98 Å². The van der Waals surface area contributed by atoms with Crippen LogP contribution in [0.25, 0.3) is 135 Å². The van der Waals surface area contributed by atoms with Crippen molar-refractivity contribution in [3.63, 3.8) is 0 Å². The molecular weight excluding hydrogens is 797 g/mol. The number of rotatable bonds is 4. The first-order valence-corrected chi connectivity index (χ1v) is 22.3. The van der Waals surface area contributed by atoms with Crippen molar-refractivity contribution in [1.29, 1.82) is 0 Å². The van der Waals surface area contributed by atoms with Gasteiger partial charge in [0.05, 0.1) is 22.3 Å². The van der Waals surface area contributed by atoms with Crippen LogP contribution in [0, 0.1) is 0 Å². The highest BCUT2D eigenvalue weighted by atomic mass is 32.1. The Balaban J connectivity index is 1.14. The Morgan fingerprint density at radius 2 is 0.935 bits per heavy atom. The molecular formula is C55H30N4OS2. The quantitative estimate of drug-likeness (QED) is 0.177. The molecule has 9 aromatic carbocycles. The number of para-hydroxylation sites is 2. The molecule has 0 amide bonds. The zero-order chi connectivity index (χ0) is 40.5. The van der Waals surface area contributed by atoms with Crippen molar-refractivity contribution >= 4 is 118 Å². The van der Waals surface area contributed by atoms with Crippen LogP contribution in [-0.4, -0.2) is 19.5 Å². The van der Waals surface area contributed by atoms with Crippen LogP contribution in [-0.2, 0) is 0 Å². The maximum atomic E-state index is 6.97. The van der Waals surface area contributed by atoms with Gasteiger partial charge in [-0.1, -0.05) is 121 Å². The number of aromatic nitrogens is 4. The zero-order valence-corrected chi connectivity index (χ0v) is 34.5. The molecule has 0 spiro atoms. The fourth-order valence-corrected chi connectivity index (χ4v) is 12.1. The molecule has 7 heteroatoms. The molecule has 0 saturated carbocycles. The lowest BCUT2D eigenvalue weighted by atomic mass is 10.0. The molecule has 14 aromatic rings. The fraction of sp³-hybridized carbons (Fsp3) is 0. The molecule has 14 rings (SSSR count). The minimum absolute atomic E-state index is 0.549. The normalized spacial score (nSPS) is 12.2. The largest absolute Gasteiger partial charge is 0.455 e. The van der Waals surface area contributed by atoms with Crippen LogP contribution < -0.4 is 0 Å². The van der Waals surface area contributed by atoms with Gasteiger partial charge in [-0.15, -0.1) is 22.7 Å². The molecule has 62 heavy (non-hydrogen) atoms. The van der Waals surface area contributed by atoms with Crippen molar-refractivity contribution in [2.24, 2.45) is 0 Å². The lowest BCUT2D eigenvalue weighted by molar-refractivity contribution is 0.669. The van der Waals surface area contributed by atoms with Gasteiger partial charge in [0, 0.05) is 73.0 Å². The van der Waals surface area contributed by atoms with Gasteiger partial charge in [0.2, 0.25) is 0 Å². The van der Waals surface area contributed by atoms with Crippen molar-refractivity contribution in [1.82, 2.24) is 19.5 Å². The summed E-state index contributed by atoms with van der Waals surface area (Å²) in [4.78, 5) is 16.6. The van der Waals surface area contributed by atoms with E-state index >= 15 is 0 Å². The molecule has 0 N–H and O–H groups in total. The highest BCUT2D eigenvalue weighted by Crippen LogP contribution is 2.46. The summed E-state index contributed by atoms with van der Waals surface area (Å²) in [6.45, 7) is 0. The third-order valence-electron chi connectivity index (χ3n) is 12.5. The average Bonchev–Trinajstić information content (AvgIpc) is 4.09. The van der Waals surface area contributed by atoms with Crippen molar-refractivity contribution in [3.05, 3.63) is 182 Å². The Kier molecular flexibility index (Phi) is 7.08. The monoisotopic (exact) mass is 826 g/mol. The van der Waals surface area contributed by atoms with E-state index < -0.39 is 0 Å². The first kappa shape index (κ1) is 34.0. The summed E-state index contributed by atoms with van der Waals surface area (Å²) in [7, 11) is 0. The fourth-order valence-electron chi connectivity index (χ4n) is 9.67. The molecule has 288 valence electrons. The average molecular weight is 827 g/mol. The molecule has 0 aliphatic heterocycles. The summed E-state index contributed by atoms with van der Waals surface area (Å²) in [5.74, 6) is 1.78. The van der Waals surface area contributed by atoms with E-state index in [9.17, 15) is 0 Å². The molecule has 5 heterocycles. The molecule has 0 unspecified atom stereocenters. The summed E-state index contributed by atoms with van der Waals surface area (Å²) in [6.07, 6.45) is 0. The molecule has 0 bridgehead atoms. The molecule has 0 fully saturated rings. The van der Waals surface area contributed by atoms with Gasteiger partial charge in [0.1, 0.15) is 11.2 Å².